The van der Waals surface area contributed by atoms with Crippen molar-refractivity contribution in [3.8, 4) is 5.75 Å². The molecular weight excluding hydrogens is 362 g/mol. The third-order valence-electron chi connectivity index (χ3n) is 4.12. The number of carbonyl (C=O) groups is 3. The fourth-order valence-electron chi connectivity index (χ4n) is 2.84. The zero-order chi connectivity index (χ0) is 20.5. The monoisotopic (exact) mass is 385 g/mol. The Morgan fingerprint density at radius 2 is 1.82 bits per heavy atom. The maximum atomic E-state index is 12.1. The molecule has 28 heavy (non-hydrogen) atoms. The fourth-order valence-corrected chi connectivity index (χ4v) is 2.84. The third-order valence-corrected chi connectivity index (χ3v) is 4.12. The van der Waals surface area contributed by atoms with Gasteiger partial charge < -0.3 is 19.5 Å². The van der Waals surface area contributed by atoms with Gasteiger partial charge in [-0.15, -0.1) is 0 Å². The Labute approximate surface area is 163 Å². The number of esters is 1. The van der Waals surface area contributed by atoms with Crippen LogP contribution in [0.3, 0.4) is 0 Å². The van der Waals surface area contributed by atoms with E-state index in [2.05, 4.69) is 5.32 Å². The van der Waals surface area contributed by atoms with Gasteiger partial charge in [-0.25, -0.2) is 9.59 Å². The van der Waals surface area contributed by atoms with E-state index in [-0.39, 0.29) is 13.0 Å². The highest BCUT2D eigenvalue weighted by Gasteiger charge is 2.23. The number of aldehydes is 1. The van der Waals surface area contributed by atoms with Gasteiger partial charge in [0, 0.05) is 6.42 Å². The van der Waals surface area contributed by atoms with Crippen LogP contribution in [-0.4, -0.2) is 38.6 Å². The molecule has 0 aliphatic heterocycles. The lowest BCUT2D eigenvalue weighted by atomic mass is 10.00. The molecule has 0 aliphatic carbocycles. The van der Waals surface area contributed by atoms with Crippen molar-refractivity contribution in [2.75, 3.05) is 14.2 Å². The van der Waals surface area contributed by atoms with Gasteiger partial charge in [0.05, 0.1) is 19.8 Å². The number of nitrogens with one attached hydrogen (secondary N) is 1. The zero-order valence-electron chi connectivity index (χ0n) is 16.1. The van der Waals surface area contributed by atoms with Gasteiger partial charge in [-0.3, -0.25) is 4.79 Å². The molecule has 0 unspecified atom stereocenters. The summed E-state index contributed by atoms with van der Waals surface area (Å²) < 4.78 is 15.2. The summed E-state index contributed by atoms with van der Waals surface area (Å²) >= 11 is 0. The molecule has 1 amide bonds. The topological polar surface area (TPSA) is 90.9 Å². The number of alkyl carbamates (subject to hydrolysis) is 1. The molecule has 0 bridgehead atoms. The molecule has 0 fully saturated rings. The molecule has 0 radical (unpaired) electrons. The normalized spacial score (nSPS) is 11.2. The van der Waals surface area contributed by atoms with E-state index in [1.165, 1.54) is 14.2 Å². The Morgan fingerprint density at radius 3 is 2.43 bits per heavy atom. The number of ether oxygens (including phenoxy) is 3. The van der Waals surface area contributed by atoms with Crippen molar-refractivity contribution < 1.29 is 28.6 Å². The summed E-state index contributed by atoms with van der Waals surface area (Å²) in [5.41, 5.74) is 2.62. The second kappa shape index (κ2) is 10.1. The van der Waals surface area contributed by atoms with Crippen LogP contribution in [0.15, 0.2) is 42.5 Å². The molecular formula is C21H23NO6. The molecule has 0 heterocycles. The molecule has 2 aromatic rings. The van der Waals surface area contributed by atoms with Crippen LogP contribution in [0.1, 0.15) is 27.0 Å². The Morgan fingerprint density at radius 1 is 1.11 bits per heavy atom. The van der Waals surface area contributed by atoms with E-state index in [1.54, 1.807) is 19.1 Å². The van der Waals surface area contributed by atoms with Crippen LogP contribution < -0.4 is 10.1 Å². The smallest absolute Gasteiger partial charge is 0.408 e. The van der Waals surface area contributed by atoms with Crippen molar-refractivity contribution in [3.63, 3.8) is 0 Å². The van der Waals surface area contributed by atoms with E-state index in [0.29, 0.717) is 23.2 Å². The first-order valence-corrected chi connectivity index (χ1v) is 8.66. The number of aryl methyl sites for hydroxylation is 1. The van der Waals surface area contributed by atoms with Crippen molar-refractivity contribution in [1.29, 1.82) is 0 Å². The zero-order valence-corrected chi connectivity index (χ0v) is 16.1. The van der Waals surface area contributed by atoms with E-state index in [9.17, 15) is 14.4 Å². The average Bonchev–Trinajstić information content (AvgIpc) is 2.71. The van der Waals surface area contributed by atoms with Crippen LogP contribution in [0, 0.1) is 6.92 Å². The number of amides is 1. The van der Waals surface area contributed by atoms with E-state index in [4.69, 9.17) is 14.2 Å². The average molecular weight is 385 g/mol. The Balaban J connectivity index is 2.09. The summed E-state index contributed by atoms with van der Waals surface area (Å²) in [7, 11) is 2.72. The lowest BCUT2D eigenvalue weighted by molar-refractivity contribution is -0.143. The highest BCUT2D eigenvalue weighted by molar-refractivity contribution is 5.83. The van der Waals surface area contributed by atoms with Gasteiger partial charge >= 0.3 is 12.1 Å². The van der Waals surface area contributed by atoms with Crippen molar-refractivity contribution in [3.05, 3.63) is 64.7 Å². The quantitative estimate of drug-likeness (QED) is 0.555. The number of methoxy groups -OCH3 is 2. The molecule has 0 saturated heterocycles. The maximum absolute atomic E-state index is 12.1. The first kappa shape index (κ1) is 21.0. The van der Waals surface area contributed by atoms with E-state index in [0.717, 1.165) is 11.1 Å². The Hall–Kier alpha value is -3.35. The molecule has 0 aliphatic rings. The van der Waals surface area contributed by atoms with Crippen LogP contribution in [0.4, 0.5) is 4.79 Å². The van der Waals surface area contributed by atoms with Crippen molar-refractivity contribution in [1.82, 2.24) is 5.32 Å². The molecule has 0 aromatic heterocycles. The Kier molecular flexibility index (Phi) is 7.56. The SMILES string of the molecule is COC(=O)[C@H](Cc1cc(C)c(OC)c(C=O)c1)NC(=O)OCc1ccccc1. The number of carbonyl (C=O) groups excluding carboxylic acids is 3. The summed E-state index contributed by atoms with van der Waals surface area (Å²) in [5.74, 6) is -0.138. The van der Waals surface area contributed by atoms with Gasteiger partial charge in [0.15, 0.2) is 6.29 Å². The lowest BCUT2D eigenvalue weighted by Gasteiger charge is -2.18. The predicted molar refractivity (Wildman–Crippen MR) is 102 cm³/mol. The third kappa shape index (κ3) is 5.57. The fraction of sp³-hybridized carbons (Fsp3) is 0.286. The standard InChI is InChI=1S/C21H23NO6/c1-14-9-16(10-17(12-23)19(14)26-2)11-18(20(24)27-3)22-21(25)28-13-15-7-5-4-6-8-15/h4-10,12,18H,11,13H2,1-3H3,(H,22,25)/t18-/m0/s1. The summed E-state index contributed by atoms with van der Waals surface area (Å²) in [6.07, 6.45) is 0.0862. The Bertz CT molecular complexity index is 834. The minimum Gasteiger partial charge on any atom is -0.496 e. The van der Waals surface area contributed by atoms with Crippen LogP contribution in [0.2, 0.25) is 0 Å². The largest absolute Gasteiger partial charge is 0.496 e. The minimum absolute atomic E-state index is 0.0809. The molecule has 7 heteroatoms. The van der Waals surface area contributed by atoms with Gasteiger partial charge in [0.1, 0.15) is 18.4 Å². The summed E-state index contributed by atoms with van der Waals surface area (Å²) in [6.45, 7) is 1.88. The molecule has 2 rings (SSSR count). The van der Waals surface area contributed by atoms with E-state index in [1.807, 2.05) is 30.3 Å². The maximum Gasteiger partial charge on any atom is 0.408 e. The minimum atomic E-state index is -0.958. The number of hydrogen-bond acceptors (Lipinski definition) is 6. The van der Waals surface area contributed by atoms with Gasteiger partial charge in [-0.05, 0) is 29.7 Å². The summed E-state index contributed by atoms with van der Waals surface area (Å²) in [6, 6.07) is 11.6. The number of rotatable bonds is 8. The first-order valence-electron chi connectivity index (χ1n) is 8.66. The van der Waals surface area contributed by atoms with Crippen LogP contribution >= 0.6 is 0 Å². The molecule has 1 N–H and O–H groups in total. The van der Waals surface area contributed by atoms with Crippen LogP contribution in [0.25, 0.3) is 0 Å². The number of hydrogen-bond donors (Lipinski definition) is 1. The lowest BCUT2D eigenvalue weighted by Crippen LogP contribution is -2.43. The van der Waals surface area contributed by atoms with E-state index < -0.39 is 18.1 Å². The van der Waals surface area contributed by atoms with Gasteiger partial charge in [-0.2, -0.15) is 0 Å². The van der Waals surface area contributed by atoms with Gasteiger partial charge in [0.2, 0.25) is 0 Å². The first-order chi connectivity index (χ1) is 13.5. The van der Waals surface area contributed by atoms with Crippen LogP contribution in [0.5, 0.6) is 5.75 Å². The van der Waals surface area contributed by atoms with Crippen molar-refractivity contribution in [2.24, 2.45) is 0 Å². The second-order valence-electron chi connectivity index (χ2n) is 6.14. The summed E-state index contributed by atoms with van der Waals surface area (Å²) in [5, 5.41) is 2.52. The molecule has 7 nitrogen and oxygen atoms in total. The molecule has 0 spiro atoms. The van der Waals surface area contributed by atoms with E-state index >= 15 is 0 Å². The highest BCUT2D eigenvalue weighted by Crippen LogP contribution is 2.24. The van der Waals surface area contributed by atoms with Crippen molar-refractivity contribution >= 4 is 18.3 Å². The molecule has 1 atom stereocenters. The van der Waals surface area contributed by atoms with Crippen molar-refractivity contribution in [2.45, 2.75) is 26.0 Å². The summed E-state index contributed by atoms with van der Waals surface area (Å²) in [4.78, 5) is 35.5. The second-order valence-corrected chi connectivity index (χ2v) is 6.14. The highest BCUT2D eigenvalue weighted by atomic mass is 16.6. The molecule has 148 valence electrons. The van der Waals surface area contributed by atoms with Gasteiger partial charge in [-0.1, -0.05) is 36.4 Å². The molecule has 2 aromatic carbocycles. The molecule has 0 saturated carbocycles. The number of benzene rings is 2. The van der Waals surface area contributed by atoms with Crippen LogP contribution in [-0.2, 0) is 27.3 Å². The van der Waals surface area contributed by atoms with Gasteiger partial charge in [0.25, 0.3) is 0 Å². The predicted octanol–water partition coefficient (Wildman–Crippen LogP) is 2.83.